The lowest BCUT2D eigenvalue weighted by Gasteiger charge is -2.22. The zero-order valence-corrected chi connectivity index (χ0v) is 12.0. The van der Waals surface area contributed by atoms with Gasteiger partial charge in [-0.2, -0.15) is 0 Å². The largest absolute Gasteiger partial charge is 0.378 e. The van der Waals surface area contributed by atoms with E-state index in [-0.39, 0.29) is 0 Å². The number of rotatable bonds is 9. The molecule has 0 unspecified atom stereocenters. The first kappa shape index (κ1) is 14.3. The Bertz CT molecular complexity index is 213. The number of nitrogens with zero attached hydrogens (tertiary/aromatic N) is 1. The molecule has 106 valence electrons. The van der Waals surface area contributed by atoms with Crippen molar-refractivity contribution in [2.75, 3.05) is 33.3 Å². The molecule has 1 saturated heterocycles. The molecule has 0 spiro atoms. The average molecular weight is 254 g/mol. The first-order chi connectivity index (χ1) is 8.86. The van der Waals surface area contributed by atoms with Gasteiger partial charge in [0.2, 0.25) is 0 Å². The van der Waals surface area contributed by atoms with Crippen molar-refractivity contribution in [1.82, 2.24) is 10.2 Å². The van der Waals surface area contributed by atoms with Crippen molar-refractivity contribution in [3.63, 3.8) is 0 Å². The van der Waals surface area contributed by atoms with Gasteiger partial charge in [0.1, 0.15) is 0 Å². The standard InChI is InChI=1S/C15H30N2O/c1-17(14-6-7-14)12-4-2-3-5-13-18-15-8-10-16-11-9-15/h14-16H,2-13H2,1H3. The second-order valence-corrected chi connectivity index (χ2v) is 5.95. The molecule has 1 aliphatic carbocycles. The number of hydrogen-bond acceptors (Lipinski definition) is 3. The van der Waals surface area contributed by atoms with Crippen LogP contribution in [0.4, 0.5) is 0 Å². The molecule has 2 aliphatic rings. The molecule has 1 heterocycles. The van der Waals surface area contributed by atoms with E-state index in [2.05, 4.69) is 17.3 Å². The number of piperidine rings is 1. The molecule has 0 aromatic carbocycles. The van der Waals surface area contributed by atoms with Crippen LogP contribution in [-0.2, 0) is 4.74 Å². The quantitative estimate of drug-likeness (QED) is 0.640. The first-order valence-corrected chi connectivity index (χ1v) is 7.89. The molecule has 3 heteroatoms. The van der Waals surface area contributed by atoms with Crippen LogP contribution in [0.15, 0.2) is 0 Å². The summed E-state index contributed by atoms with van der Waals surface area (Å²) in [6.45, 7) is 4.54. The smallest absolute Gasteiger partial charge is 0.0599 e. The fourth-order valence-corrected chi connectivity index (χ4v) is 2.73. The minimum Gasteiger partial charge on any atom is -0.378 e. The monoisotopic (exact) mass is 254 g/mol. The third-order valence-corrected chi connectivity index (χ3v) is 4.22. The lowest BCUT2D eigenvalue weighted by Crippen LogP contribution is -2.32. The van der Waals surface area contributed by atoms with E-state index in [0.717, 1.165) is 25.7 Å². The predicted molar refractivity (Wildman–Crippen MR) is 76.0 cm³/mol. The third kappa shape index (κ3) is 5.68. The Kier molecular flexibility index (Phi) is 6.46. The van der Waals surface area contributed by atoms with E-state index in [4.69, 9.17) is 4.74 Å². The van der Waals surface area contributed by atoms with Crippen molar-refractivity contribution in [2.45, 2.75) is 63.5 Å². The predicted octanol–water partition coefficient (Wildman–Crippen LogP) is 2.41. The second-order valence-electron chi connectivity index (χ2n) is 5.95. The van der Waals surface area contributed by atoms with E-state index in [1.165, 1.54) is 57.9 Å². The topological polar surface area (TPSA) is 24.5 Å². The maximum atomic E-state index is 5.91. The highest BCUT2D eigenvalue weighted by atomic mass is 16.5. The Labute approximate surface area is 112 Å². The molecule has 18 heavy (non-hydrogen) atoms. The van der Waals surface area contributed by atoms with E-state index in [0.29, 0.717) is 6.10 Å². The summed E-state index contributed by atoms with van der Waals surface area (Å²) in [5.41, 5.74) is 0. The highest BCUT2D eigenvalue weighted by molar-refractivity contribution is 4.82. The van der Waals surface area contributed by atoms with E-state index >= 15 is 0 Å². The van der Waals surface area contributed by atoms with E-state index in [9.17, 15) is 0 Å². The van der Waals surface area contributed by atoms with Crippen molar-refractivity contribution in [3.05, 3.63) is 0 Å². The van der Waals surface area contributed by atoms with Crippen molar-refractivity contribution < 1.29 is 4.74 Å². The molecule has 2 fully saturated rings. The van der Waals surface area contributed by atoms with Gasteiger partial charge in [-0.25, -0.2) is 0 Å². The van der Waals surface area contributed by atoms with Crippen molar-refractivity contribution in [3.8, 4) is 0 Å². The molecular weight excluding hydrogens is 224 g/mol. The molecule has 0 aromatic heterocycles. The normalized spacial score (nSPS) is 21.7. The maximum Gasteiger partial charge on any atom is 0.0599 e. The lowest BCUT2D eigenvalue weighted by atomic mass is 10.1. The zero-order chi connectivity index (χ0) is 12.6. The molecule has 0 aromatic rings. The summed E-state index contributed by atoms with van der Waals surface area (Å²) in [6.07, 6.45) is 11.1. The molecule has 0 radical (unpaired) electrons. The SMILES string of the molecule is CN(CCCCCCOC1CCNCC1)C1CC1. The van der Waals surface area contributed by atoms with Crippen molar-refractivity contribution in [2.24, 2.45) is 0 Å². The fourth-order valence-electron chi connectivity index (χ4n) is 2.73. The van der Waals surface area contributed by atoms with E-state index in [1.54, 1.807) is 0 Å². The number of nitrogens with one attached hydrogen (secondary N) is 1. The molecule has 1 N–H and O–H groups in total. The van der Waals surface area contributed by atoms with Gasteiger partial charge in [-0.1, -0.05) is 12.8 Å². The Morgan fingerprint density at radius 2 is 1.72 bits per heavy atom. The number of unbranched alkanes of at least 4 members (excludes halogenated alkanes) is 3. The van der Waals surface area contributed by atoms with Gasteiger partial charge in [0, 0.05) is 12.6 Å². The minimum atomic E-state index is 0.534. The van der Waals surface area contributed by atoms with Gasteiger partial charge >= 0.3 is 0 Å². The maximum absolute atomic E-state index is 5.91. The Balaban J connectivity index is 1.34. The Morgan fingerprint density at radius 1 is 1.00 bits per heavy atom. The van der Waals surface area contributed by atoms with E-state index < -0.39 is 0 Å². The van der Waals surface area contributed by atoms with Crippen LogP contribution in [0.25, 0.3) is 0 Å². The Morgan fingerprint density at radius 3 is 2.44 bits per heavy atom. The van der Waals surface area contributed by atoms with Crippen LogP contribution in [0.2, 0.25) is 0 Å². The zero-order valence-electron chi connectivity index (χ0n) is 12.0. The van der Waals surface area contributed by atoms with Crippen LogP contribution in [0.3, 0.4) is 0 Å². The van der Waals surface area contributed by atoms with E-state index in [1.807, 2.05) is 0 Å². The molecule has 2 rings (SSSR count). The molecule has 1 saturated carbocycles. The second kappa shape index (κ2) is 8.13. The summed E-state index contributed by atoms with van der Waals surface area (Å²) < 4.78 is 5.91. The minimum absolute atomic E-state index is 0.534. The van der Waals surface area contributed by atoms with Crippen LogP contribution in [0, 0.1) is 0 Å². The van der Waals surface area contributed by atoms with Gasteiger partial charge in [-0.15, -0.1) is 0 Å². The molecule has 0 bridgehead atoms. The molecule has 0 amide bonds. The van der Waals surface area contributed by atoms with Crippen LogP contribution in [0.1, 0.15) is 51.4 Å². The van der Waals surface area contributed by atoms with Crippen LogP contribution < -0.4 is 5.32 Å². The summed E-state index contributed by atoms with van der Waals surface area (Å²) in [5, 5.41) is 3.37. The van der Waals surface area contributed by atoms with Gasteiger partial charge in [-0.3, -0.25) is 0 Å². The van der Waals surface area contributed by atoms with Crippen molar-refractivity contribution in [1.29, 1.82) is 0 Å². The fraction of sp³-hybridized carbons (Fsp3) is 1.00. The van der Waals surface area contributed by atoms with Crippen LogP contribution >= 0.6 is 0 Å². The van der Waals surface area contributed by atoms with Crippen LogP contribution in [-0.4, -0.2) is 50.3 Å². The van der Waals surface area contributed by atoms with Gasteiger partial charge in [0.15, 0.2) is 0 Å². The van der Waals surface area contributed by atoms with Crippen LogP contribution in [0.5, 0.6) is 0 Å². The van der Waals surface area contributed by atoms with Gasteiger partial charge in [0.05, 0.1) is 6.10 Å². The third-order valence-electron chi connectivity index (χ3n) is 4.22. The first-order valence-electron chi connectivity index (χ1n) is 7.89. The number of hydrogen-bond donors (Lipinski definition) is 1. The highest BCUT2D eigenvalue weighted by Gasteiger charge is 2.25. The van der Waals surface area contributed by atoms with Gasteiger partial charge in [-0.05, 0) is 65.2 Å². The van der Waals surface area contributed by atoms with Crippen molar-refractivity contribution >= 4 is 0 Å². The Hall–Kier alpha value is -0.120. The summed E-state index contributed by atoms with van der Waals surface area (Å²) >= 11 is 0. The molecular formula is C15H30N2O. The molecule has 3 nitrogen and oxygen atoms in total. The molecule has 0 atom stereocenters. The summed E-state index contributed by atoms with van der Waals surface area (Å²) in [5.74, 6) is 0. The highest BCUT2D eigenvalue weighted by Crippen LogP contribution is 2.25. The van der Waals surface area contributed by atoms with Gasteiger partial charge in [0.25, 0.3) is 0 Å². The lowest BCUT2D eigenvalue weighted by molar-refractivity contribution is 0.0307. The summed E-state index contributed by atoms with van der Waals surface area (Å²) in [7, 11) is 2.28. The summed E-state index contributed by atoms with van der Waals surface area (Å²) in [4.78, 5) is 2.53. The molecule has 1 aliphatic heterocycles. The van der Waals surface area contributed by atoms with Gasteiger partial charge < -0.3 is 15.0 Å². The number of ether oxygens (including phenoxy) is 1. The average Bonchev–Trinajstić information content (AvgIpc) is 3.23. The summed E-state index contributed by atoms with van der Waals surface area (Å²) in [6, 6.07) is 0.924.